The van der Waals surface area contributed by atoms with Crippen LogP contribution in [0.25, 0.3) is 11.4 Å². The molecule has 0 amide bonds. The first-order valence-electron chi connectivity index (χ1n) is 8.76. The zero-order chi connectivity index (χ0) is 20.2. The Balaban J connectivity index is 1.51. The van der Waals surface area contributed by atoms with Crippen LogP contribution in [-0.2, 0) is 0 Å². The number of para-hydroxylation sites is 1. The van der Waals surface area contributed by atoms with Crippen molar-refractivity contribution in [2.24, 2.45) is 0 Å². The molecule has 146 valence electrons. The topological polar surface area (TPSA) is 118 Å². The molecule has 2 heterocycles. The Bertz CT molecular complexity index is 1120. The highest BCUT2D eigenvalue weighted by atomic mass is 32.2. The molecule has 0 saturated heterocycles. The van der Waals surface area contributed by atoms with Gasteiger partial charge < -0.3 is 11.1 Å². The lowest BCUT2D eigenvalue weighted by Gasteiger charge is -2.10. The van der Waals surface area contributed by atoms with Crippen molar-refractivity contribution >= 4 is 29.3 Å². The fraction of sp³-hybridized carbons (Fsp3) is 0.105. The summed E-state index contributed by atoms with van der Waals surface area (Å²) in [5, 5.41) is 10.3. The lowest BCUT2D eigenvalue weighted by molar-refractivity contribution is 0.630. The molecule has 0 saturated carbocycles. The Morgan fingerprint density at radius 3 is 2.55 bits per heavy atom. The molecule has 8 nitrogen and oxygen atoms in total. The number of nitrogens with one attached hydrogen (secondary N) is 2. The number of aromatic nitrogens is 6. The molecule has 1 atom stereocenters. The number of thioether (sulfide) groups is 1. The van der Waals surface area contributed by atoms with Crippen LogP contribution in [0.2, 0.25) is 0 Å². The Labute approximate surface area is 170 Å². The number of nitrogens with zero attached hydrogens (tertiary/aromatic N) is 5. The first-order chi connectivity index (χ1) is 14.1. The van der Waals surface area contributed by atoms with Gasteiger partial charge in [0.05, 0.1) is 10.8 Å². The van der Waals surface area contributed by atoms with Crippen LogP contribution in [0.5, 0.6) is 0 Å². The SMILES string of the molecule is C[C@H](Sc1n[nH]c(-c2ccccc2F)n1)c1nc(N)nc(Nc2ccccc2)n1. The van der Waals surface area contributed by atoms with Crippen molar-refractivity contribution in [3.05, 3.63) is 66.2 Å². The minimum absolute atomic E-state index is 0.114. The van der Waals surface area contributed by atoms with Crippen molar-refractivity contribution in [1.82, 2.24) is 30.1 Å². The van der Waals surface area contributed by atoms with Gasteiger partial charge in [0.25, 0.3) is 0 Å². The lowest BCUT2D eigenvalue weighted by Crippen LogP contribution is -2.08. The van der Waals surface area contributed by atoms with Gasteiger partial charge >= 0.3 is 0 Å². The average molecular weight is 408 g/mol. The lowest BCUT2D eigenvalue weighted by atomic mass is 10.2. The van der Waals surface area contributed by atoms with Crippen LogP contribution in [0.4, 0.5) is 22.0 Å². The fourth-order valence-corrected chi connectivity index (χ4v) is 3.35. The van der Waals surface area contributed by atoms with Crippen molar-refractivity contribution in [1.29, 1.82) is 0 Å². The van der Waals surface area contributed by atoms with Crippen LogP contribution in [0.15, 0.2) is 59.8 Å². The van der Waals surface area contributed by atoms with Gasteiger partial charge in [0.15, 0.2) is 5.82 Å². The largest absolute Gasteiger partial charge is 0.368 e. The normalized spacial score (nSPS) is 11.9. The van der Waals surface area contributed by atoms with Crippen molar-refractivity contribution in [3.63, 3.8) is 0 Å². The highest BCUT2D eigenvalue weighted by Gasteiger charge is 2.17. The van der Waals surface area contributed by atoms with Crippen LogP contribution in [0, 0.1) is 5.82 Å². The van der Waals surface area contributed by atoms with Crippen molar-refractivity contribution < 1.29 is 4.39 Å². The molecule has 0 unspecified atom stereocenters. The number of anilines is 3. The molecular formula is C19H17FN8S. The molecule has 0 aliphatic rings. The second-order valence-electron chi connectivity index (χ2n) is 6.07. The molecule has 4 aromatic rings. The third-order valence-electron chi connectivity index (χ3n) is 3.94. The summed E-state index contributed by atoms with van der Waals surface area (Å²) in [6.45, 7) is 1.91. The zero-order valence-electron chi connectivity index (χ0n) is 15.4. The number of aromatic amines is 1. The third-order valence-corrected chi connectivity index (χ3v) is 4.90. The summed E-state index contributed by atoms with van der Waals surface area (Å²) in [6, 6.07) is 15.9. The molecule has 29 heavy (non-hydrogen) atoms. The van der Waals surface area contributed by atoms with E-state index in [1.54, 1.807) is 18.2 Å². The Hall–Kier alpha value is -3.53. The van der Waals surface area contributed by atoms with Crippen LogP contribution in [0.1, 0.15) is 18.0 Å². The van der Waals surface area contributed by atoms with Crippen molar-refractivity contribution in [2.75, 3.05) is 11.1 Å². The number of halogens is 1. The Morgan fingerprint density at radius 2 is 1.76 bits per heavy atom. The second kappa shape index (κ2) is 8.23. The first kappa shape index (κ1) is 18.8. The van der Waals surface area contributed by atoms with Crippen LogP contribution < -0.4 is 11.1 Å². The van der Waals surface area contributed by atoms with E-state index in [1.807, 2.05) is 37.3 Å². The Kier molecular flexibility index (Phi) is 5.34. The predicted molar refractivity (Wildman–Crippen MR) is 110 cm³/mol. The summed E-state index contributed by atoms with van der Waals surface area (Å²) in [5.74, 6) is 0.948. The third kappa shape index (κ3) is 4.49. The van der Waals surface area contributed by atoms with Gasteiger partial charge in [-0.2, -0.15) is 15.0 Å². The van der Waals surface area contributed by atoms with E-state index in [1.165, 1.54) is 17.8 Å². The minimum Gasteiger partial charge on any atom is -0.368 e. The molecule has 2 aromatic carbocycles. The maximum absolute atomic E-state index is 13.9. The summed E-state index contributed by atoms with van der Waals surface area (Å²) in [7, 11) is 0. The molecule has 4 N–H and O–H groups in total. The van der Waals surface area contributed by atoms with E-state index in [4.69, 9.17) is 5.73 Å². The fourth-order valence-electron chi connectivity index (χ4n) is 2.58. The highest BCUT2D eigenvalue weighted by molar-refractivity contribution is 7.99. The number of rotatable bonds is 6. The number of nitrogen functional groups attached to an aromatic ring is 1. The number of hydrogen-bond donors (Lipinski definition) is 3. The van der Waals surface area contributed by atoms with E-state index in [0.717, 1.165) is 5.69 Å². The summed E-state index contributed by atoms with van der Waals surface area (Å²) < 4.78 is 13.9. The van der Waals surface area contributed by atoms with Gasteiger partial charge in [-0.1, -0.05) is 42.1 Å². The summed E-state index contributed by atoms with van der Waals surface area (Å²) in [5.41, 5.74) is 7.05. The first-order valence-corrected chi connectivity index (χ1v) is 9.64. The maximum Gasteiger partial charge on any atom is 0.232 e. The molecular weight excluding hydrogens is 391 g/mol. The molecule has 4 rings (SSSR count). The van der Waals surface area contributed by atoms with Crippen LogP contribution in [0.3, 0.4) is 0 Å². The van der Waals surface area contributed by atoms with E-state index in [2.05, 4.69) is 35.5 Å². The number of benzene rings is 2. The van der Waals surface area contributed by atoms with E-state index >= 15 is 0 Å². The molecule has 0 spiro atoms. The van der Waals surface area contributed by atoms with Gasteiger partial charge in [0, 0.05) is 5.69 Å². The van der Waals surface area contributed by atoms with Gasteiger partial charge in [-0.15, -0.1) is 5.10 Å². The monoisotopic (exact) mass is 408 g/mol. The zero-order valence-corrected chi connectivity index (χ0v) is 16.2. The van der Waals surface area contributed by atoms with Gasteiger partial charge in [-0.3, -0.25) is 5.10 Å². The summed E-state index contributed by atoms with van der Waals surface area (Å²) >= 11 is 1.33. The predicted octanol–water partition coefficient (Wildman–Crippen LogP) is 3.97. The second-order valence-corrected chi connectivity index (χ2v) is 7.38. The molecule has 10 heteroatoms. The van der Waals surface area contributed by atoms with Gasteiger partial charge in [-0.05, 0) is 31.2 Å². The standard InChI is InChI=1S/C19H17FN8S/c1-11(29-19-25-16(27-28-19)13-9-5-6-10-14(13)20)15-23-17(21)26-18(24-15)22-12-7-3-2-4-8-12/h2-11H,1H3,(H,25,27,28)(H3,21,22,23,24,26)/t11-/m0/s1. The van der Waals surface area contributed by atoms with E-state index < -0.39 is 0 Å². The number of hydrogen-bond acceptors (Lipinski definition) is 8. The van der Waals surface area contributed by atoms with Crippen molar-refractivity contribution in [2.45, 2.75) is 17.3 Å². The van der Waals surface area contributed by atoms with E-state index in [9.17, 15) is 4.39 Å². The maximum atomic E-state index is 13.9. The highest BCUT2D eigenvalue weighted by Crippen LogP contribution is 2.32. The van der Waals surface area contributed by atoms with Gasteiger partial charge in [-0.25, -0.2) is 9.37 Å². The molecule has 0 fully saturated rings. The average Bonchev–Trinajstić information content (AvgIpc) is 3.17. The van der Waals surface area contributed by atoms with E-state index in [0.29, 0.717) is 28.3 Å². The molecule has 0 aliphatic carbocycles. The quantitative estimate of drug-likeness (QED) is 0.410. The molecule has 0 radical (unpaired) electrons. The Morgan fingerprint density at radius 1 is 1.00 bits per heavy atom. The molecule has 2 aromatic heterocycles. The minimum atomic E-state index is -0.366. The van der Waals surface area contributed by atoms with Crippen LogP contribution >= 0.6 is 11.8 Å². The summed E-state index contributed by atoms with van der Waals surface area (Å²) in [4.78, 5) is 17.1. The molecule has 0 bridgehead atoms. The number of H-pyrrole nitrogens is 1. The van der Waals surface area contributed by atoms with E-state index in [-0.39, 0.29) is 17.0 Å². The molecule has 0 aliphatic heterocycles. The number of nitrogens with two attached hydrogens (primary N) is 1. The van der Waals surface area contributed by atoms with Gasteiger partial charge in [0.1, 0.15) is 11.6 Å². The van der Waals surface area contributed by atoms with Crippen LogP contribution in [-0.4, -0.2) is 30.1 Å². The summed E-state index contributed by atoms with van der Waals surface area (Å²) in [6.07, 6.45) is 0. The smallest absolute Gasteiger partial charge is 0.232 e. The van der Waals surface area contributed by atoms with Crippen molar-refractivity contribution in [3.8, 4) is 11.4 Å². The van der Waals surface area contributed by atoms with Gasteiger partial charge in [0.2, 0.25) is 17.1 Å².